The maximum atomic E-state index is 13.8. The van der Waals surface area contributed by atoms with Crippen LogP contribution in [0.15, 0.2) is 66.7 Å². The first kappa shape index (κ1) is 24.5. The van der Waals surface area contributed by atoms with Crippen molar-refractivity contribution >= 4 is 33.5 Å². The Bertz CT molecular complexity index is 1390. The summed E-state index contributed by atoms with van der Waals surface area (Å²) in [5, 5.41) is 0.948. The first-order chi connectivity index (χ1) is 16.6. The summed E-state index contributed by atoms with van der Waals surface area (Å²) in [4.78, 5) is 12.9. The summed E-state index contributed by atoms with van der Waals surface area (Å²) in [5.41, 5.74) is 2.06. The van der Waals surface area contributed by atoms with Gasteiger partial charge in [0.2, 0.25) is 0 Å². The van der Waals surface area contributed by atoms with Gasteiger partial charge in [-0.3, -0.25) is 0 Å². The standard InChI is InChI=1S/C29H27FO4S/c1-18-16-20(30)9-13-23(18)28-27(24-14-12-22(32-5)17-25(24)35-28)33-21-10-6-19(7-11-21)8-15-26(31)34-29(2,3)4/h6-17H,1-5H3. The van der Waals surface area contributed by atoms with Gasteiger partial charge in [-0.15, -0.1) is 11.3 Å². The van der Waals surface area contributed by atoms with Crippen molar-refractivity contribution in [3.63, 3.8) is 0 Å². The monoisotopic (exact) mass is 490 g/mol. The fraction of sp³-hybridized carbons (Fsp3) is 0.207. The minimum atomic E-state index is -0.535. The molecule has 35 heavy (non-hydrogen) atoms. The molecule has 4 nitrogen and oxygen atoms in total. The molecule has 1 heterocycles. The molecule has 0 bridgehead atoms. The molecule has 0 radical (unpaired) electrons. The van der Waals surface area contributed by atoms with Crippen LogP contribution in [-0.2, 0) is 9.53 Å². The quantitative estimate of drug-likeness (QED) is 0.202. The first-order valence-electron chi connectivity index (χ1n) is 11.2. The van der Waals surface area contributed by atoms with Crippen molar-refractivity contribution in [1.82, 2.24) is 0 Å². The van der Waals surface area contributed by atoms with Gasteiger partial charge < -0.3 is 14.2 Å². The molecule has 180 valence electrons. The maximum absolute atomic E-state index is 13.8. The van der Waals surface area contributed by atoms with Gasteiger partial charge >= 0.3 is 5.97 Å². The average Bonchev–Trinajstić information content (AvgIpc) is 3.14. The van der Waals surface area contributed by atoms with E-state index in [1.54, 1.807) is 30.6 Å². The van der Waals surface area contributed by atoms with E-state index in [-0.39, 0.29) is 5.82 Å². The largest absolute Gasteiger partial charge is 0.497 e. The van der Waals surface area contributed by atoms with E-state index in [9.17, 15) is 9.18 Å². The molecular formula is C29H27FO4S. The fourth-order valence-electron chi connectivity index (χ4n) is 3.61. The lowest BCUT2D eigenvalue weighted by atomic mass is 10.1. The number of hydrogen-bond donors (Lipinski definition) is 0. The molecule has 0 saturated heterocycles. The molecule has 4 aromatic rings. The number of carbonyl (C=O) groups is 1. The molecule has 0 amide bonds. The van der Waals surface area contributed by atoms with E-state index in [1.807, 2.05) is 70.2 Å². The van der Waals surface area contributed by atoms with Crippen molar-refractivity contribution < 1.29 is 23.4 Å². The third-order valence-electron chi connectivity index (χ3n) is 5.20. The van der Waals surface area contributed by atoms with Crippen molar-refractivity contribution in [3.8, 4) is 27.7 Å². The Hall–Kier alpha value is -3.64. The van der Waals surface area contributed by atoms with E-state index >= 15 is 0 Å². The van der Waals surface area contributed by atoms with Crippen molar-refractivity contribution in [3.05, 3.63) is 83.7 Å². The highest BCUT2D eigenvalue weighted by Gasteiger charge is 2.19. The summed E-state index contributed by atoms with van der Waals surface area (Å²) in [7, 11) is 1.63. The third kappa shape index (κ3) is 5.89. The van der Waals surface area contributed by atoms with E-state index in [0.717, 1.165) is 37.4 Å². The summed E-state index contributed by atoms with van der Waals surface area (Å²) < 4.78 is 31.9. The van der Waals surface area contributed by atoms with E-state index < -0.39 is 11.6 Å². The van der Waals surface area contributed by atoms with Crippen LogP contribution in [0.5, 0.6) is 17.2 Å². The number of rotatable bonds is 6. The number of ether oxygens (including phenoxy) is 3. The molecule has 0 aliphatic heterocycles. The Morgan fingerprint density at radius 3 is 2.34 bits per heavy atom. The van der Waals surface area contributed by atoms with Crippen LogP contribution in [0.2, 0.25) is 0 Å². The van der Waals surface area contributed by atoms with Crippen molar-refractivity contribution in [1.29, 1.82) is 0 Å². The topological polar surface area (TPSA) is 44.8 Å². The number of hydrogen-bond acceptors (Lipinski definition) is 5. The highest BCUT2D eigenvalue weighted by molar-refractivity contribution is 7.22. The summed E-state index contributed by atoms with van der Waals surface area (Å²) in [5.74, 6) is 1.45. The van der Waals surface area contributed by atoms with Crippen LogP contribution >= 0.6 is 11.3 Å². The highest BCUT2D eigenvalue weighted by Crippen LogP contribution is 2.48. The number of aryl methyl sites for hydroxylation is 1. The summed E-state index contributed by atoms with van der Waals surface area (Å²) >= 11 is 1.57. The molecule has 0 spiro atoms. The summed E-state index contributed by atoms with van der Waals surface area (Å²) in [6, 6.07) is 18.1. The smallest absolute Gasteiger partial charge is 0.331 e. The van der Waals surface area contributed by atoms with Crippen LogP contribution in [0.3, 0.4) is 0 Å². The highest BCUT2D eigenvalue weighted by atomic mass is 32.1. The van der Waals surface area contributed by atoms with Gasteiger partial charge in [-0.2, -0.15) is 0 Å². The van der Waals surface area contributed by atoms with Crippen molar-refractivity contribution in [2.45, 2.75) is 33.3 Å². The SMILES string of the molecule is COc1ccc2c(Oc3ccc(C=CC(=O)OC(C)(C)C)cc3)c(-c3ccc(F)cc3C)sc2c1. The minimum absolute atomic E-state index is 0.272. The fourth-order valence-corrected chi connectivity index (χ4v) is 4.85. The Morgan fingerprint density at radius 1 is 0.971 bits per heavy atom. The Labute approximate surface area is 208 Å². The van der Waals surface area contributed by atoms with Gasteiger partial charge in [0, 0.05) is 16.2 Å². The number of halogens is 1. The van der Waals surface area contributed by atoms with E-state index in [0.29, 0.717) is 11.5 Å². The first-order valence-corrected chi connectivity index (χ1v) is 12.0. The van der Waals surface area contributed by atoms with Crippen LogP contribution in [0.1, 0.15) is 31.9 Å². The number of thiophene rings is 1. The number of fused-ring (bicyclic) bond motifs is 1. The number of methoxy groups -OCH3 is 1. The summed E-state index contributed by atoms with van der Waals surface area (Å²) in [6.45, 7) is 7.38. The summed E-state index contributed by atoms with van der Waals surface area (Å²) in [6.07, 6.45) is 3.12. The predicted molar refractivity (Wildman–Crippen MR) is 140 cm³/mol. The molecule has 6 heteroatoms. The van der Waals surface area contributed by atoms with Crippen LogP contribution in [-0.4, -0.2) is 18.7 Å². The normalized spacial score (nSPS) is 11.7. The van der Waals surface area contributed by atoms with E-state index in [4.69, 9.17) is 14.2 Å². The maximum Gasteiger partial charge on any atom is 0.331 e. The van der Waals surface area contributed by atoms with Crippen LogP contribution in [0.25, 0.3) is 26.6 Å². The zero-order valence-electron chi connectivity index (χ0n) is 20.3. The van der Waals surface area contributed by atoms with Gasteiger partial charge in [0.25, 0.3) is 0 Å². The van der Waals surface area contributed by atoms with Gasteiger partial charge in [-0.05, 0) is 92.9 Å². The van der Waals surface area contributed by atoms with Crippen molar-refractivity contribution in [2.24, 2.45) is 0 Å². The molecule has 0 unspecified atom stereocenters. The molecule has 0 aliphatic carbocycles. The predicted octanol–water partition coefficient (Wildman–Crippen LogP) is 8.17. The van der Waals surface area contributed by atoms with E-state index in [2.05, 4.69) is 0 Å². The van der Waals surface area contributed by atoms with Gasteiger partial charge in [0.05, 0.1) is 12.0 Å². The zero-order valence-corrected chi connectivity index (χ0v) is 21.2. The second-order valence-electron chi connectivity index (χ2n) is 9.12. The second kappa shape index (κ2) is 9.92. The molecule has 0 N–H and O–H groups in total. The second-order valence-corrected chi connectivity index (χ2v) is 10.2. The van der Waals surface area contributed by atoms with Crippen molar-refractivity contribution in [2.75, 3.05) is 7.11 Å². The Balaban J connectivity index is 1.66. The molecular weight excluding hydrogens is 463 g/mol. The minimum Gasteiger partial charge on any atom is -0.497 e. The number of benzene rings is 3. The van der Waals surface area contributed by atoms with Crippen LogP contribution in [0, 0.1) is 12.7 Å². The van der Waals surface area contributed by atoms with E-state index in [1.165, 1.54) is 18.2 Å². The average molecular weight is 491 g/mol. The van der Waals surface area contributed by atoms with Gasteiger partial charge in [-0.1, -0.05) is 18.2 Å². The molecule has 4 rings (SSSR count). The van der Waals surface area contributed by atoms with Gasteiger partial charge in [-0.25, -0.2) is 9.18 Å². The zero-order chi connectivity index (χ0) is 25.2. The molecule has 3 aromatic carbocycles. The van der Waals surface area contributed by atoms with Crippen LogP contribution in [0.4, 0.5) is 4.39 Å². The Kier molecular flexibility index (Phi) is 6.94. The third-order valence-corrected chi connectivity index (χ3v) is 6.37. The molecule has 0 saturated carbocycles. The lowest BCUT2D eigenvalue weighted by molar-refractivity contribution is -0.148. The molecule has 1 aromatic heterocycles. The molecule has 0 atom stereocenters. The molecule has 0 aliphatic rings. The number of carbonyl (C=O) groups excluding carboxylic acids is 1. The lowest BCUT2D eigenvalue weighted by Crippen LogP contribution is -2.22. The number of esters is 1. The molecule has 0 fully saturated rings. The van der Waals surface area contributed by atoms with Crippen LogP contribution < -0.4 is 9.47 Å². The van der Waals surface area contributed by atoms with Gasteiger partial charge in [0.15, 0.2) is 5.75 Å². The Morgan fingerprint density at radius 2 is 1.69 bits per heavy atom. The van der Waals surface area contributed by atoms with Gasteiger partial charge in [0.1, 0.15) is 22.9 Å². The lowest BCUT2D eigenvalue weighted by Gasteiger charge is -2.17.